The van der Waals surface area contributed by atoms with E-state index >= 15 is 0 Å². The number of nitrogens with zero attached hydrogens (tertiary/aromatic N) is 3. The van der Waals surface area contributed by atoms with Crippen molar-refractivity contribution in [3.8, 4) is 0 Å². The number of nitrogens with one attached hydrogen (secondary N) is 1. The van der Waals surface area contributed by atoms with Crippen molar-refractivity contribution >= 4 is 23.5 Å². The molecule has 0 bridgehead atoms. The lowest BCUT2D eigenvalue weighted by molar-refractivity contribution is -0.137. The molecule has 1 aromatic heterocycles. The van der Waals surface area contributed by atoms with Gasteiger partial charge in [0.05, 0.1) is 17.0 Å². The minimum atomic E-state index is -4.68. The van der Waals surface area contributed by atoms with Gasteiger partial charge in [-0.3, -0.25) is 14.9 Å². The first-order chi connectivity index (χ1) is 14.3. The van der Waals surface area contributed by atoms with Gasteiger partial charge in [-0.15, -0.1) is 5.10 Å². The van der Waals surface area contributed by atoms with Gasteiger partial charge >= 0.3 is 12.2 Å². The SMILES string of the molecule is O=C(Nc1nnc([C@@H]2CC(=O)N(c3ccccc3)C2)o1)c1ccccc1C(F)(F)F. The highest BCUT2D eigenvalue weighted by Gasteiger charge is 2.36. The monoisotopic (exact) mass is 416 g/mol. The van der Waals surface area contributed by atoms with E-state index in [0.717, 1.165) is 17.8 Å². The van der Waals surface area contributed by atoms with E-state index in [0.29, 0.717) is 6.54 Å². The fraction of sp³-hybridized carbons (Fsp3) is 0.200. The topological polar surface area (TPSA) is 88.3 Å². The van der Waals surface area contributed by atoms with Gasteiger partial charge < -0.3 is 9.32 Å². The van der Waals surface area contributed by atoms with Crippen LogP contribution in [0.2, 0.25) is 0 Å². The summed E-state index contributed by atoms with van der Waals surface area (Å²) in [5, 5.41) is 9.72. The molecule has 0 unspecified atom stereocenters. The van der Waals surface area contributed by atoms with E-state index in [4.69, 9.17) is 4.42 Å². The molecule has 2 amide bonds. The predicted molar refractivity (Wildman–Crippen MR) is 99.8 cm³/mol. The number of hydrogen-bond donors (Lipinski definition) is 1. The molecule has 1 aliphatic rings. The maximum absolute atomic E-state index is 13.1. The number of carbonyl (C=O) groups is 2. The first kappa shape index (κ1) is 19.6. The van der Waals surface area contributed by atoms with Gasteiger partial charge in [0, 0.05) is 18.7 Å². The lowest BCUT2D eigenvalue weighted by Crippen LogP contribution is -2.24. The zero-order valence-corrected chi connectivity index (χ0v) is 15.4. The Morgan fingerprint density at radius 3 is 2.50 bits per heavy atom. The van der Waals surface area contributed by atoms with Crippen LogP contribution in [0.4, 0.5) is 24.9 Å². The van der Waals surface area contributed by atoms with Crippen LogP contribution >= 0.6 is 0 Å². The summed E-state index contributed by atoms with van der Waals surface area (Å²) in [5.41, 5.74) is -0.889. The summed E-state index contributed by atoms with van der Waals surface area (Å²) in [6.45, 7) is 0.315. The van der Waals surface area contributed by atoms with Crippen LogP contribution in [-0.4, -0.2) is 28.6 Å². The molecule has 1 atom stereocenters. The third-order valence-electron chi connectivity index (χ3n) is 4.68. The zero-order chi connectivity index (χ0) is 21.3. The van der Waals surface area contributed by atoms with E-state index in [9.17, 15) is 22.8 Å². The van der Waals surface area contributed by atoms with Crippen LogP contribution in [0.3, 0.4) is 0 Å². The van der Waals surface area contributed by atoms with Crippen LogP contribution in [0.1, 0.15) is 34.2 Å². The van der Waals surface area contributed by atoms with Crippen LogP contribution in [-0.2, 0) is 11.0 Å². The van der Waals surface area contributed by atoms with E-state index in [1.807, 2.05) is 18.2 Å². The first-order valence-electron chi connectivity index (χ1n) is 8.99. The molecule has 0 aliphatic carbocycles. The summed E-state index contributed by atoms with van der Waals surface area (Å²) in [6, 6.07) is 13.1. The number of amides is 2. The van der Waals surface area contributed by atoms with E-state index in [1.54, 1.807) is 17.0 Å². The summed E-state index contributed by atoms with van der Waals surface area (Å²) in [5.74, 6) is -1.40. The second-order valence-electron chi connectivity index (χ2n) is 6.68. The fourth-order valence-corrected chi connectivity index (χ4v) is 3.27. The summed E-state index contributed by atoms with van der Waals surface area (Å²) < 4.78 is 44.7. The standard InChI is InChI=1S/C20H15F3N4O3/c21-20(22,23)15-9-5-4-8-14(15)17(29)24-19-26-25-18(30-19)12-10-16(28)27(11-12)13-6-2-1-3-7-13/h1-9,12H,10-11H2,(H,24,26,29)/t12-/m1/s1. The highest BCUT2D eigenvalue weighted by Crippen LogP contribution is 2.33. The zero-order valence-electron chi connectivity index (χ0n) is 15.4. The van der Waals surface area contributed by atoms with Crippen LogP contribution in [0.25, 0.3) is 0 Å². The quantitative estimate of drug-likeness (QED) is 0.698. The van der Waals surface area contributed by atoms with Crippen molar-refractivity contribution in [2.75, 3.05) is 16.8 Å². The van der Waals surface area contributed by atoms with Gasteiger partial charge in [0.25, 0.3) is 5.91 Å². The smallest absolute Gasteiger partial charge is 0.407 e. The number of para-hydroxylation sites is 1. The van der Waals surface area contributed by atoms with E-state index in [2.05, 4.69) is 15.5 Å². The Kier molecular flexibility index (Phi) is 4.98. The lowest BCUT2D eigenvalue weighted by atomic mass is 10.1. The van der Waals surface area contributed by atoms with Crippen molar-refractivity contribution in [3.63, 3.8) is 0 Å². The number of aromatic nitrogens is 2. The maximum atomic E-state index is 13.1. The Morgan fingerprint density at radius 1 is 1.07 bits per heavy atom. The average molecular weight is 416 g/mol. The predicted octanol–water partition coefficient (Wildman–Crippen LogP) is 3.86. The van der Waals surface area contributed by atoms with Crippen molar-refractivity contribution in [2.45, 2.75) is 18.5 Å². The largest absolute Gasteiger partial charge is 0.417 e. The van der Waals surface area contributed by atoms with Crippen molar-refractivity contribution in [3.05, 3.63) is 71.6 Å². The van der Waals surface area contributed by atoms with Crippen molar-refractivity contribution in [2.24, 2.45) is 0 Å². The molecule has 0 radical (unpaired) electrons. The Morgan fingerprint density at radius 2 is 1.77 bits per heavy atom. The van der Waals surface area contributed by atoms with Crippen molar-refractivity contribution in [1.82, 2.24) is 10.2 Å². The van der Waals surface area contributed by atoms with Crippen LogP contribution in [0.15, 0.2) is 59.0 Å². The summed E-state index contributed by atoms with van der Waals surface area (Å²) >= 11 is 0. The van der Waals surface area contributed by atoms with E-state index in [-0.39, 0.29) is 24.2 Å². The maximum Gasteiger partial charge on any atom is 0.417 e. The number of halogens is 3. The van der Waals surface area contributed by atoms with Gasteiger partial charge in [-0.1, -0.05) is 35.4 Å². The molecule has 3 aromatic rings. The molecule has 154 valence electrons. The molecule has 30 heavy (non-hydrogen) atoms. The van der Waals surface area contributed by atoms with Gasteiger partial charge in [0.2, 0.25) is 11.8 Å². The highest BCUT2D eigenvalue weighted by atomic mass is 19.4. The molecule has 1 aliphatic heterocycles. The Balaban J connectivity index is 1.48. The van der Waals surface area contributed by atoms with Gasteiger partial charge in [0.15, 0.2) is 0 Å². The summed E-state index contributed by atoms with van der Waals surface area (Å²) in [6.07, 6.45) is -4.54. The fourth-order valence-electron chi connectivity index (χ4n) is 3.27. The van der Waals surface area contributed by atoms with Crippen molar-refractivity contribution < 1.29 is 27.2 Å². The second kappa shape index (κ2) is 7.62. The molecular weight excluding hydrogens is 401 g/mol. The summed E-state index contributed by atoms with van der Waals surface area (Å²) in [7, 11) is 0. The van der Waals surface area contributed by atoms with Crippen LogP contribution < -0.4 is 10.2 Å². The minimum absolute atomic E-state index is 0.117. The molecule has 2 heterocycles. The van der Waals surface area contributed by atoms with Crippen LogP contribution in [0, 0.1) is 0 Å². The number of rotatable bonds is 4. The van der Waals surface area contributed by atoms with Gasteiger partial charge in [0.1, 0.15) is 0 Å². The van der Waals surface area contributed by atoms with Gasteiger partial charge in [-0.2, -0.15) is 13.2 Å². The number of alkyl halides is 3. The molecule has 10 heteroatoms. The molecular formula is C20H15F3N4O3. The van der Waals surface area contributed by atoms with Gasteiger partial charge in [-0.05, 0) is 24.3 Å². The molecule has 4 rings (SSSR count). The van der Waals surface area contributed by atoms with Crippen LogP contribution in [0.5, 0.6) is 0 Å². The van der Waals surface area contributed by atoms with Crippen molar-refractivity contribution in [1.29, 1.82) is 0 Å². The Bertz CT molecular complexity index is 1080. The number of anilines is 2. The van der Waals surface area contributed by atoms with E-state index in [1.165, 1.54) is 12.1 Å². The molecule has 1 fully saturated rings. The molecule has 2 aromatic carbocycles. The number of carbonyl (C=O) groups excluding carboxylic acids is 2. The number of benzene rings is 2. The number of hydrogen-bond acceptors (Lipinski definition) is 5. The molecule has 1 N–H and O–H groups in total. The average Bonchev–Trinajstić information content (AvgIpc) is 3.34. The van der Waals surface area contributed by atoms with E-state index < -0.39 is 29.1 Å². The third kappa shape index (κ3) is 3.88. The highest BCUT2D eigenvalue weighted by molar-refractivity contribution is 6.04. The summed E-state index contributed by atoms with van der Waals surface area (Å²) in [4.78, 5) is 26.2. The third-order valence-corrected chi connectivity index (χ3v) is 4.68. The second-order valence-corrected chi connectivity index (χ2v) is 6.68. The normalized spacial score (nSPS) is 16.7. The lowest BCUT2D eigenvalue weighted by Gasteiger charge is -2.15. The molecule has 7 nitrogen and oxygen atoms in total. The molecule has 0 saturated carbocycles. The Labute approximate surface area is 168 Å². The first-order valence-corrected chi connectivity index (χ1v) is 8.99. The Hall–Kier alpha value is -3.69. The molecule has 0 spiro atoms. The minimum Gasteiger partial charge on any atom is -0.407 e. The molecule has 1 saturated heterocycles. The van der Waals surface area contributed by atoms with Gasteiger partial charge in [-0.25, -0.2) is 0 Å².